The number of rotatable bonds is 9. The molecule has 0 saturated carbocycles. The van der Waals surface area contributed by atoms with Gasteiger partial charge >= 0.3 is 0 Å². The first kappa shape index (κ1) is 32.2. The highest BCUT2D eigenvalue weighted by molar-refractivity contribution is 5.94. The molecule has 9 nitrogen and oxygen atoms in total. The number of benzene rings is 2. The molecule has 43 heavy (non-hydrogen) atoms. The van der Waals surface area contributed by atoms with Crippen LogP contribution in [0.25, 0.3) is 0 Å². The predicted molar refractivity (Wildman–Crippen MR) is 167 cm³/mol. The van der Waals surface area contributed by atoms with Gasteiger partial charge in [-0.15, -0.1) is 0 Å². The van der Waals surface area contributed by atoms with Crippen LogP contribution in [-0.2, 0) is 19.2 Å². The standard InChI is InChI=1S/C34H47N5O4/c1-23(2)22-30(40)38-20-11-16-27-17-18-29(39(27)34(43)28(19-21-38)36-32(41)24(3)35-4)33(42)37-31(25-12-7-5-8-13-25)26-14-9-6-10-15-26/h5-10,12-15,23-24,27-29,31,35H,11,16-22H2,1-4H3,(H,36,41)(H,37,42)/t24-,27-,28-,29-/m0/s1. The third-order valence-electron chi connectivity index (χ3n) is 8.64. The smallest absolute Gasteiger partial charge is 0.246 e. The Bertz CT molecular complexity index is 1200. The van der Waals surface area contributed by atoms with Crippen molar-refractivity contribution >= 4 is 23.6 Å². The van der Waals surface area contributed by atoms with Crippen molar-refractivity contribution in [3.8, 4) is 0 Å². The number of fused-ring (bicyclic) bond motifs is 1. The van der Waals surface area contributed by atoms with E-state index in [0.717, 1.165) is 17.5 Å². The fourth-order valence-corrected chi connectivity index (χ4v) is 6.15. The summed E-state index contributed by atoms with van der Waals surface area (Å²) < 4.78 is 0. The lowest BCUT2D eigenvalue weighted by atomic mass is 9.98. The molecule has 2 fully saturated rings. The molecule has 4 rings (SSSR count). The Morgan fingerprint density at radius 2 is 1.49 bits per heavy atom. The second-order valence-electron chi connectivity index (χ2n) is 12.2. The van der Waals surface area contributed by atoms with Gasteiger partial charge in [-0.3, -0.25) is 19.2 Å². The molecule has 2 aromatic rings. The third-order valence-corrected chi connectivity index (χ3v) is 8.64. The SMILES string of the molecule is CN[C@@H](C)C(=O)N[C@H]1CCN(C(=O)CC(C)C)CCC[C@H]2CC[C@@H](C(=O)NC(c3ccccc3)c3ccccc3)N2C1=O. The van der Waals surface area contributed by atoms with E-state index in [1.165, 1.54) is 0 Å². The van der Waals surface area contributed by atoms with Gasteiger partial charge < -0.3 is 25.8 Å². The first-order chi connectivity index (χ1) is 20.7. The monoisotopic (exact) mass is 589 g/mol. The van der Waals surface area contributed by atoms with Crippen LogP contribution in [0.4, 0.5) is 0 Å². The molecule has 2 aromatic carbocycles. The van der Waals surface area contributed by atoms with Gasteiger partial charge in [0.25, 0.3) is 0 Å². The summed E-state index contributed by atoms with van der Waals surface area (Å²) in [7, 11) is 1.69. The molecular weight excluding hydrogens is 542 g/mol. The molecule has 4 atom stereocenters. The number of likely N-dealkylation sites (N-methyl/N-ethyl adjacent to an activating group) is 1. The predicted octanol–water partition coefficient (Wildman–Crippen LogP) is 3.40. The summed E-state index contributed by atoms with van der Waals surface area (Å²) in [6.07, 6.45) is 3.41. The van der Waals surface area contributed by atoms with Gasteiger partial charge in [0.2, 0.25) is 23.6 Å². The van der Waals surface area contributed by atoms with Crippen molar-refractivity contribution < 1.29 is 19.2 Å². The molecule has 9 heteroatoms. The number of nitrogens with one attached hydrogen (secondary N) is 3. The maximum absolute atomic E-state index is 14.3. The average Bonchev–Trinajstić information content (AvgIpc) is 3.44. The highest BCUT2D eigenvalue weighted by atomic mass is 16.2. The molecule has 2 heterocycles. The summed E-state index contributed by atoms with van der Waals surface area (Å²) in [5.41, 5.74) is 1.92. The van der Waals surface area contributed by atoms with E-state index in [9.17, 15) is 19.2 Å². The summed E-state index contributed by atoms with van der Waals surface area (Å²) in [6.45, 7) is 6.74. The third kappa shape index (κ3) is 8.22. The Morgan fingerprint density at radius 3 is 2.07 bits per heavy atom. The first-order valence-electron chi connectivity index (χ1n) is 15.7. The van der Waals surface area contributed by atoms with Crippen LogP contribution >= 0.6 is 0 Å². The molecule has 0 spiro atoms. The number of amides is 4. The van der Waals surface area contributed by atoms with Crippen LogP contribution in [0, 0.1) is 5.92 Å². The van der Waals surface area contributed by atoms with Crippen LogP contribution in [0.1, 0.15) is 76.5 Å². The van der Waals surface area contributed by atoms with Crippen molar-refractivity contribution in [2.24, 2.45) is 5.92 Å². The van der Waals surface area contributed by atoms with Crippen LogP contribution in [-0.4, -0.2) is 77.7 Å². The van der Waals surface area contributed by atoms with Gasteiger partial charge in [-0.05, 0) is 63.1 Å². The molecule has 232 valence electrons. The van der Waals surface area contributed by atoms with E-state index in [2.05, 4.69) is 16.0 Å². The molecule has 0 aliphatic carbocycles. The summed E-state index contributed by atoms with van der Waals surface area (Å²) in [5.74, 6) is -0.439. The van der Waals surface area contributed by atoms with Crippen LogP contribution < -0.4 is 16.0 Å². The lowest BCUT2D eigenvalue weighted by molar-refractivity contribution is -0.144. The van der Waals surface area contributed by atoms with Crippen LogP contribution in [0.15, 0.2) is 60.7 Å². The van der Waals surface area contributed by atoms with E-state index in [4.69, 9.17) is 0 Å². The Morgan fingerprint density at radius 1 is 0.860 bits per heavy atom. The highest BCUT2D eigenvalue weighted by Crippen LogP contribution is 2.31. The fraction of sp³-hybridized carbons (Fsp3) is 0.529. The second-order valence-corrected chi connectivity index (χ2v) is 12.2. The maximum Gasteiger partial charge on any atom is 0.246 e. The number of hydrogen-bond donors (Lipinski definition) is 3. The fourth-order valence-electron chi connectivity index (χ4n) is 6.15. The minimum atomic E-state index is -0.842. The zero-order valence-corrected chi connectivity index (χ0v) is 25.9. The van der Waals surface area contributed by atoms with E-state index >= 15 is 0 Å². The highest BCUT2D eigenvalue weighted by Gasteiger charge is 2.44. The van der Waals surface area contributed by atoms with E-state index in [0.29, 0.717) is 45.2 Å². The van der Waals surface area contributed by atoms with Crippen molar-refractivity contribution in [3.05, 3.63) is 71.8 Å². The summed E-state index contributed by atoms with van der Waals surface area (Å²) in [6, 6.07) is 17.2. The molecule has 0 unspecified atom stereocenters. The summed E-state index contributed by atoms with van der Waals surface area (Å²) in [5, 5.41) is 9.12. The van der Waals surface area contributed by atoms with E-state index < -0.39 is 18.1 Å². The van der Waals surface area contributed by atoms with Crippen molar-refractivity contribution in [1.29, 1.82) is 0 Å². The van der Waals surface area contributed by atoms with E-state index in [1.54, 1.807) is 18.9 Å². The minimum absolute atomic E-state index is 0.0742. The van der Waals surface area contributed by atoms with Gasteiger partial charge in [0, 0.05) is 25.6 Å². The molecule has 0 aromatic heterocycles. The summed E-state index contributed by atoms with van der Waals surface area (Å²) in [4.78, 5) is 57.9. The minimum Gasteiger partial charge on any atom is -0.343 e. The number of nitrogens with zero attached hydrogens (tertiary/aromatic N) is 2. The molecule has 4 amide bonds. The van der Waals surface area contributed by atoms with Crippen molar-refractivity contribution in [3.63, 3.8) is 0 Å². The Hall–Kier alpha value is -3.72. The second kappa shape index (κ2) is 15.1. The zero-order chi connectivity index (χ0) is 30.9. The van der Waals surface area contributed by atoms with Gasteiger partial charge in [-0.25, -0.2) is 0 Å². The Labute approximate surface area is 255 Å². The number of carbonyl (C=O) groups is 4. The lowest BCUT2D eigenvalue weighted by Gasteiger charge is -2.36. The van der Waals surface area contributed by atoms with E-state index in [1.807, 2.05) is 79.4 Å². The molecule has 0 bridgehead atoms. The van der Waals surface area contributed by atoms with Gasteiger partial charge in [0.1, 0.15) is 12.1 Å². The quantitative estimate of drug-likeness (QED) is 0.415. The normalized spacial score (nSPS) is 21.8. The van der Waals surface area contributed by atoms with Crippen LogP contribution in [0.5, 0.6) is 0 Å². The molecule has 3 N–H and O–H groups in total. The topological polar surface area (TPSA) is 111 Å². The average molecular weight is 590 g/mol. The van der Waals surface area contributed by atoms with Gasteiger partial charge in [-0.1, -0.05) is 74.5 Å². The molecule has 0 radical (unpaired) electrons. The molecular formula is C34H47N5O4. The van der Waals surface area contributed by atoms with E-state index in [-0.39, 0.29) is 41.6 Å². The largest absolute Gasteiger partial charge is 0.343 e. The van der Waals surface area contributed by atoms with Gasteiger partial charge in [0.15, 0.2) is 0 Å². The lowest BCUT2D eigenvalue weighted by Crippen LogP contribution is -2.58. The number of carbonyl (C=O) groups excluding carboxylic acids is 4. The molecule has 2 aliphatic rings. The maximum atomic E-state index is 14.3. The van der Waals surface area contributed by atoms with Crippen molar-refractivity contribution in [2.45, 2.75) is 89.5 Å². The number of hydrogen-bond acceptors (Lipinski definition) is 5. The Balaban J connectivity index is 1.60. The molecule has 2 saturated heterocycles. The molecule has 2 aliphatic heterocycles. The van der Waals surface area contributed by atoms with Crippen molar-refractivity contribution in [1.82, 2.24) is 25.8 Å². The van der Waals surface area contributed by atoms with Gasteiger partial charge in [0.05, 0.1) is 12.1 Å². The zero-order valence-electron chi connectivity index (χ0n) is 25.9. The first-order valence-corrected chi connectivity index (χ1v) is 15.7. The summed E-state index contributed by atoms with van der Waals surface area (Å²) >= 11 is 0. The Kier molecular flexibility index (Phi) is 11.3. The van der Waals surface area contributed by atoms with Crippen molar-refractivity contribution in [2.75, 3.05) is 20.1 Å². The van der Waals surface area contributed by atoms with Crippen LogP contribution in [0.3, 0.4) is 0 Å². The van der Waals surface area contributed by atoms with Crippen LogP contribution in [0.2, 0.25) is 0 Å². The van der Waals surface area contributed by atoms with Gasteiger partial charge in [-0.2, -0.15) is 0 Å².